The van der Waals surface area contributed by atoms with Crippen molar-refractivity contribution >= 4 is 0 Å². The van der Waals surface area contributed by atoms with Crippen LogP contribution in [0, 0.1) is 0 Å². The molecule has 1 aromatic heterocycles. The van der Waals surface area contributed by atoms with Crippen molar-refractivity contribution in [1.82, 2.24) is 20.4 Å². The molecule has 19 heavy (non-hydrogen) atoms. The zero-order valence-electron chi connectivity index (χ0n) is 11.6. The van der Waals surface area contributed by atoms with Gasteiger partial charge in [0.1, 0.15) is 0 Å². The second-order valence-electron chi connectivity index (χ2n) is 4.80. The molecule has 1 heterocycles. The predicted molar refractivity (Wildman–Crippen MR) is 73.6 cm³/mol. The lowest BCUT2D eigenvalue weighted by Crippen LogP contribution is -2.19. The van der Waals surface area contributed by atoms with Crippen LogP contribution in [-0.2, 0) is 13.0 Å². The lowest BCUT2D eigenvalue weighted by Gasteiger charge is -2.13. The Balaban J connectivity index is 2.04. The monoisotopic (exact) mass is 260 g/mol. The highest BCUT2D eigenvalue weighted by Crippen LogP contribution is 2.16. The van der Waals surface area contributed by atoms with E-state index in [0.717, 1.165) is 5.82 Å². The zero-order valence-corrected chi connectivity index (χ0v) is 11.6. The maximum absolute atomic E-state index is 5.29. The quantitative estimate of drug-likeness (QED) is 0.855. The van der Waals surface area contributed by atoms with Crippen LogP contribution < -0.4 is 5.32 Å². The van der Waals surface area contributed by atoms with Gasteiger partial charge in [0.2, 0.25) is 5.89 Å². The Bertz CT molecular complexity index is 495. The van der Waals surface area contributed by atoms with Gasteiger partial charge < -0.3 is 14.7 Å². The Hall–Kier alpha value is -1.72. The molecule has 2 aromatic rings. The Morgan fingerprint density at radius 1 is 1.26 bits per heavy atom. The van der Waals surface area contributed by atoms with Crippen LogP contribution in [0.5, 0.6) is 0 Å². The van der Waals surface area contributed by atoms with Gasteiger partial charge in [0.15, 0.2) is 5.82 Å². The molecular weight excluding hydrogens is 240 g/mol. The zero-order chi connectivity index (χ0) is 13.7. The van der Waals surface area contributed by atoms with Gasteiger partial charge in [-0.15, -0.1) is 0 Å². The van der Waals surface area contributed by atoms with Crippen molar-refractivity contribution in [2.75, 3.05) is 21.1 Å². The number of likely N-dealkylation sites (N-methyl/N-ethyl adjacent to an activating group) is 1. The molecule has 0 aliphatic carbocycles. The smallest absolute Gasteiger partial charge is 0.228 e. The summed E-state index contributed by atoms with van der Waals surface area (Å²) in [5.41, 5.74) is 1.22. The molecule has 0 aliphatic heterocycles. The first-order valence-electron chi connectivity index (χ1n) is 6.37. The Morgan fingerprint density at radius 2 is 2.00 bits per heavy atom. The molecule has 0 bridgehead atoms. The molecule has 0 amide bonds. The largest absolute Gasteiger partial charge is 0.339 e. The minimum Gasteiger partial charge on any atom is -0.339 e. The highest BCUT2D eigenvalue weighted by molar-refractivity contribution is 5.19. The van der Waals surface area contributed by atoms with Crippen molar-refractivity contribution in [2.45, 2.75) is 19.0 Å². The molecule has 0 fully saturated rings. The van der Waals surface area contributed by atoms with E-state index in [-0.39, 0.29) is 6.04 Å². The van der Waals surface area contributed by atoms with Gasteiger partial charge in [0, 0.05) is 12.5 Å². The van der Waals surface area contributed by atoms with Gasteiger partial charge >= 0.3 is 0 Å². The summed E-state index contributed by atoms with van der Waals surface area (Å²) in [4.78, 5) is 6.42. The minimum absolute atomic E-state index is 0.189. The van der Waals surface area contributed by atoms with Crippen LogP contribution in [0.3, 0.4) is 0 Å². The van der Waals surface area contributed by atoms with Gasteiger partial charge in [0.25, 0.3) is 0 Å². The third kappa shape index (κ3) is 3.87. The second-order valence-corrected chi connectivity index (χ2v) is 4.80. The summed E-state index contributed by atoms with van der Waals surface area (Å²) in [6.07, 6.45) is 0.695. The molecule has 1 aromatic carbocycles. The lowest BCUT2D eigenvalue weighted by molar-refractivity contribution is 0.341. The van der Waals surface area contributed by atoms with Gasteiger partial charge in [-0.25, -0.2) is 0 Å². The Morgan fingerprint density at radius 3 is 2.63 bits per heavy atom. The first-order chi connectivity index (χ1) is 9.19. The van der Waals surface area contributed by atoms with Gasteiger partial charge in [-0.05, 0) is 26.7 Å². The van der Waals surface area contributed by atoms with Crippen LogP contribution in [0.4, 0.5) is 0 Å². The Kier molecular flexibility index (Phi) is 4.65. The van der Waals surface area contributed by atoms with Crippen molar-refractivity contribution in [3.05, 3.63) is 47.6 Å². The van der Waals surface area contributed by atoms with Crippen molar-refractivity contribution in [3.63, 3.8) is 0 Å². The molecule has 1 atom stereocenters. The molecule has 1 unspecified atom stereocenters. The number of benzene rings is 1. The van der Waals surface area contributed by atoms with Gasteiger partial charge in [-0.3, -0.25) is 0 Å². The predicted octanol–water partition coefficient (Wildman–Crippen LogP) is 1.63. The van der Waals surface area contributed by atoms with E-state index in [4.69, 9.17) is 4.52 Å². The third-order valence-electron chi connectivity index (χ3n) is 2.90. The average Bonchev–Trinajstić information content (AvgIpc) is 2.83. The summed E-state index contributed by atoms with van der Waals surface area (Å²) in [6, 6.07) is 10.5. The van der Waals surface area contributed by atoms with Gasteiger partial charge in [0.05, 0.1) is 6.54 Å². The van der Waals surface area contributed by atoms with Crippen molar-refractivity contribution in [2.24, 2.45) is 0 Å². The first kappa shape index (κ1) is 13.7. The summed E-state index contributed by atoms with van der Waals surface area (Å²) >= 11 is 0. The minimum atomic E-state index is 0.189. The molecule has 2 rings (SSSR count). The normalized spacial score (nSPS) is 12.8. The number of aromatic nitrogens is 2. The van der Waals surface area contributed by atoms with Crippen LogP contribution in [0.25, 0.3) is 0 Å². The molecule has 0 spiro atoms. The van der Waals surface area contributed by atoms with Crippen LogP contribution in [0.15, 0.2) is 34.9 Å². The number of hydrogen-bond acceptors (Lipinski definition) is 5. The van der Waals surface area contributed by atoms with Crippen LogP contribution in [0.1, 0.15) is 23.3 Å². The van der Waals surface area contributed by atoms with Crippen molar-refractivity contribution < 1.29 is 4.52 Å². The second kappa shape index (κ2) is 6.45. The molecule has 5 heteroatoms. The molecule has 5 nitrogen and oxygen atoms in total. The third-order valence-corrected chi connectivity index (χ3v) is 2.90. The van der Waals surface area contributed by atoms with Gasteiger partial charge in [-0.2, -0.15) is 4.98 Å². The molecule has 102 valence electrons. The maximum Gasteiger partial charge on any atom is 0.228 e. The standard InChI is InChI=1S/C14H20N4O/c1-15-12(11-7-5-4-6-8-11)9-14-16-13(17-19-14)10-18(2)3/h4-8,12,15H,9-10H2,1-3H3. The van der Waals surface area contributed by atoms with E-state index < -0.39 is 0 Å². The fourth-order valence-electron chi connectivity index (χ4n) is 1.97. The first-order valence-corrected chi connectivity index (χ1v) is 6.37. The molecule has 1 N–H and O–H groups in total. The van der Waals surface area contributed by atoms with E-state index in [1.54, 1.807) is 0 Å². The van der Waals surface area contributed by atoms with E-state index >= 15 is 0 Å². The topological polar surface area (TPSA) is 54.2 Å². The Labute approximate surface area is 113 Å². The molecule has 0 saturated carbocycles. The van der Waals surface area contributed by atoms with Gasteiger partial charge in [-0.1, -0.05) is 35.5 Å². The summed E-state index contributed by atoms with van der Waals surface area (Å²) in [6.45, 7) is 0.694. The van der Waals surface area contributed by atoms with Crippen LogP contribution in [0.2, 0.25) is 0 Å². The molecular formula is C14H20N4O. The SMILES string of the molecule is CNC(Cc1nc(CN(C)C)no1)c1ccccc1. The van der Waals surface area contributed by atoms with Crippen molar-refractivity contribution in [3.8, 4) is 0 Å². The highest BCUT2D eigenvalue weighted by atomic mass is 16.5. The summed E-state index contributed by atoms with van der Waals surface area (Å²) in [7, 11) is 5.90. The molecule has 0 radical (unpaired) electrons. The lowest BCUT2D eigenvalue weighted by atomic mass is 10.0. The average molecular weight is 260 g/mol. The van der Waals surface area contributed by atoms with E-state index in [1.165, 1.54) is 5.56 Å². The van der Waals surface area contributed by atoms with E-state index in [1.807, 2.05) is 44.2 Å². The maximum atomic E-state index is 5.29. The van der Waals surface area contributed by atoms with Crippen molar-refractivity contribution in [1.29, 1.82) is 0 Å². The number of rotatable bonds is 6. The number of nitrogens with zero attached hydrogens (tertiary/aromatic N) is 3. The van der Waals surface area contributed by atoms with E-state index in [9.17, 15) is 0 Å². The fourth-order valence-corrected chi connectivity index (χ4v) is 1.97. The number of hydrogen-bond donors (Lipinski definition) is 1. The summed E-state index contributed by atoms with van der Waals surface area (Å²) in [5, 5.41) is 7.26. The molecule has 0 aliphatic rings. The van der Waals surface area contributed by atoms with E-state index in [2.05, 4.69) is 27.6 Å². The van der Waals surface area contributed by atoms with Crippen LogP contribution in [-0.4, -0.2) is 36.2 Å². The highest BCUT2D eigenvalue weighted by Gasteiger charge is 2.14. The summed E-state index contributed by atoms with van der Waals surface area (Å²) in [5.74, 6) is 1.39. The molecule has 0 saturated heterocycles. The fraction of sp³-hybridized carbons (Fsp3) is 0.429. The number of nitrogens with one attached hydrogen (secondary N) is 1. The summed E-state index contributed by atoms with van der Waals surface area (Å²) < 4.78 is 5.29. The van der Waals surface area contributed by atoms with Crippen LogP contribution >= 0.6 is 0 Å². The van der Waals surface area contributed by atoms with E-state index in [0.29, 0.717) is 18.9 Å².